The summed E-state index contributed by atoms with van der Waals surface area (Å²) in [5.74, 6) is 0.0698. The molecule has 2 rings (SSSR count). The Morgan fingerprint density at radius 2 is 1.90 bits per heavy atom. The molecule has 0 aliphatic rings. The van der Waals surface area contributed by atoms with Crippen molar-refractivity contribution in [3.05, 3.63) is 53.6 Å². The largest absolute Gasteiger partial charge is 0.330 e. The van der Waals surface area contributed by atoms with E-state index < -0.39 is 0 Å². The highest BCUT2D eigenvalue weighted by molar-refractivity contribution is 5.78. The maximum Gasteiger partial charge on any atom is 0.232 e. The molecule has 0 radical (unpaired) electrons. The number of hydrogen-bond donors (Lipinski definition) is 1. The van der Waals surface area contributed by atoms with Crippen LogP contribution in [0.5, 0.6) is 0 Å². The van der Waals surface area contributed by atoms with Crippen LogP contribution in [-0.2, 0) is 19.3 Å². The molecule has 4 nitrogen and oxygen atoms in total. The quantitative estimate of drug-likeness (QED) is 0.876. The highest BCUT2D eigenvalue weighted by atomic mass is 16.2. The number of imidazole rings is 1. The molecule has 0 aliphatic carbocycles. The lowest BCUT2D eigenvalue weighted by Gasteiger charge is -2.03. The van der Waals surface area contributed by atoms with Crippen molar-refractivity contribution in [2.24, 2.45) is 5.73 Å². The fraction of sp³-hybridized carbons (Fsp3) is 0.375. The van der Waals surface area contributed by atoms with Gasteiger partial charge in [-0.15, -0.1) is 0 Å². The first-order valence-electron chi connectivity index (χ1n) is 7.07. The van der Waals surface area contributed by atoms with Crippen LogP contribution in [0.4, 0.5) is 0 Å². The number of nitrogens with two attached hydrogens (primary N) is 1. The number of hydrogen-bond acceptors (Lipinski definition) is 3. The fourth-order valence-electron chi connectivity index (χ4n) is 2.10. The van der Waals surface area contributed by atoms with Gasteiger partial charge in [-0.05, 0) is 30.5 Å². The number of aryl methyl sites for hydroxylation is 2. The van der Waals surface area contributed by atoms with E-state index in [-0.39, 0.29) is 5.91 Å². The Bertz CT molecular complexity index is 557. The topological polar surface area (TPSA) is 60.9 Å². The standard InChI is InChI=1S/C16H21N3O/c1-2-13-3-5-14(6-4-13)7-8-16(20)19-11-15(9-10-17)18-12-19/h3-6,11-12H,2,7-10,17H2,1H3. The van der Waals surface area contributed by atoms with E-state index in [4.69, 9.17) is 5.73 Å². The zero-order valence-corrected chi connectivity index (χ0v) is 11.9. The third-order valence-corrected chi connectivity index (χ3v) is 3.38. The number of benzene rings is 1. The van der Waals surface area contributed by atoms with Crippen molar-refractivity contribution < 1.29 is 4.79 Å². The molecule has 0 aliphatic heterocycles. The molecule has 4 heteroatoms. The summed E-state index contributed by atoms with van der Waals surface area (Å²) in [5, 5.41) is 0. The van der Waals surface area contributed by atoms with Gasteiger partial charge in [-0.1, -0.05) is 31.2 Å². The van der Waals surface area contributed by atoms with Crippen LogP contribution in [0.1, 0.15) is 35.0 Å². The molecule has 0 saturated carbocycles. The van der Waals surface area contributed by atoms with E-state index in [1.165, 1.54) is 11.1 Å². The summed E-state index contributed by atoms with van der Waals surface area (Å²) in [5.41, 5.74) is 8.85. The minimum atomic E-state index is 0.0698. The average molecular weight is 271 g/mol. The third kappa shape index (κ3) is 3.78. The van der Waals surface area contributed by atoms with E-state index in [2.05, 4.69) is 36.2 Å². The van der Waals surface area contributed by atoms with Gasteiger partial charge in [0.25, 0.3) is 0 Å². The van der Waals surface area contributed by atoms with Crippen molar-refractivity contribution in [1.82, 2.24) is 9.55 Å². The first-order chi connectivity index (χ1) is 9.72. The number of aromatic nitrogens is 2. The van der Waals surface area contributed by atoms with Gasteiger partial charge in [0.2, 0.25) is 5.91 Å². The Balaban J connectivity index is 1.90. The summed E-state index contributed by atoms with van der Waals surface area (Å²) in [6.07, 6.45) is 6.34. The van der Waals surface area contributed by atoms with Crippen LogP contribution in [0.2, 0.25) is 0 Å². The van der Waals surface area contributed by atoms with Crippen molar-refractivity contribution in [2.45, 2.75) is 32.6 Å². The molecule has 0 spiro atoms. The SMILES string of the molecule is CCc1ccc(CCC(=O)n2cnc(CCN)c2)cc1. The minimum absolute atomic E-state index is 0.0698. The number of carbonyl (C=O) groups is 1. The highest BCUT2D eigenvalue weighted by Gasteiger charge is 2.07. The lowest BCUT2D eigenvalue weighted by molar-refractivity contribution is 0.0902. The van der Waals surface area contributed by atoms with Crippen LogP contribution in [0.3, 0.4) is 0 Å². The average Bonchev–Trinajstić information content (AvgIpc) is 2.94. The fourth-order valence-corrected chi connectivity index (χ4v) is 2.10. The van der Waals surface area contributed by atoms with E-state index in [1.807, 2.05) is 0 Å². The Hall–Kier alpha value is -1.94. The maximum atomic E-state index is 12.1. The molecule has 2 N–H and O–H groups in total. The summed E-state index contributed by atoms with van der Waals surface area (Å²) in [4.78, 5) is 16.2. The van der Waals surface area contributed by atoms with Gasteiger partial charge in [-0.3, -0.25) is 9.36 Å². The molecule has 1 aromatic carbocycles. The molecule has 2 aromatic rings. The van der Waals surface area contributed by atoms with Crippen molar-refractivity contribution in [3.63, 3.8) is 0 Å². The van der Waals surface area contributed by atoms with Crippen LogP contribution in [-0.4, -0.2) is 22.0 Å². The minimum Gasteiger partial charge on any atom is -0.330 e. The molecule has 1 aromatic heterocycles. The Morgan fingerprint density at radius 3 is 2.55 bits per heavy atom. The molecule has 20 heavy (non-hydrogen) atoms. The van der Waals surface area contributed by atoms with Crippen molar-refractivity contribution in [1.29, 1.82) is 0 Å². The zero-order valence-electron chi connectivity index (χ0n) is 11.9. The number of nitrogens with zero attached hydrogens (tertiary/aromatic N) is 2. The van der Waals surface area contributed by atoms with Crippen molar-refractivity contribution >= 4 is 5.91 Å². The van der Waals surface area contributed by atoms with E-state index in [9.17, 15) is 4.79 Å². The van der Waals surface area contributed by atoms with Crippen LogP contribution >= 0.6 is 0 Å². The molecule has 0 saturated heterocycles. The monoisotopic (exact) mass is 271 g/mol. The predicted octanol–water partition coefficient (Wildman–Crippen LogP) is 2.22. The van der Waals surface area contributed by atoms with Gasteiger partial charge in [-0.2, -0.15) is 0 Å². The Labute approximate surface area is 119 Å². The van der Waals surface area contributed by atoms with E-state index in [0.29, 0.717) is 19.4 Å². The second kappa shape index (κ2) is 7.01. The summed E-state index contributed by atoms with van der Waals surface area (Å²) in [6.45, 7) is 2.69. The normalized spacial score (nSPS) is 10.7. The Kier molecular flexibility index (Phi) is 5.07. The molecule has 0 fully saturated rings. The summed E-state index contributed by atoms with van der Waals surface area (Å²) in [7, 11) is 0. The van der Waals surface area contributed by atoms with Crippen LogP contribution in [0.15, 0.2) is 36.8 Å². The number of carbonyl (C=O) groups excluding carboxylic acids is 1. The lowest BCUT2D eigenvalue weighted by atomic mass is 10.1. The van der Waals surface area contributed by atoms with Crippen molar-refractivity contribution in [2.75, 3.05) is 6.54 Å². The van der Waals surface area contributed by atoms with Crippen molar-refractivity contribution in [3.8, 4) is 0 Å². The lowest BCUT2D eigenvalue weighted by Crippen LogP contribution is -2.09. The first kappa shape index (κ1) is 14.5. The molecule has 0 amide bonds. The van der Waals surface area contributed by atoms with Crippen LogP contribution in [0.25, 0.3) is 0 Å². The summed E-state index contributed by atoms with van der Waals surface area (Å²) in [6, 6.07) is 8.44. The second-order valence-electron chi connectivity index (χ2n) is 4.87. The maximum absolute atomic E-state index is 12.1. The molecule has 0 unspecified atom stereocenters. The molecule has 106 valence electrons. The second-order valence-corrected chi connectivity index (χ2v) is 4.87. The number of rotatable bonds is 6. The van der Waals surface area contributed by atoms with Gasteiger partial charge in [-0.25, -0.2) is 4.98 Å². The summed E-state index contributed by atoms with van der Waals surface area (Å²) < 4.78 is 1.56. The van der Waals surface area contributed by atoms with Gasteiger partial charge in [0, 0.05) is 19.0 Å². The van der Waals surface area contributed by atoms with E-state index in [1.54, 1.807) is 17.1 Å². The predicted molar refractivity (Wildman–Crippen MR) is 79.8 cm³/mol. The first-order valence-corrected chi connectivity index (χ1v) is 7.07. The molecular weight excluding hydrogens is 250 g/mol. The smallest absolute Gasteiger partial charge is 0.232 e. The van der Waals surface area contributed by atoms with Gasteiger partial charge >= 0.3 is 0 Å². The van der Waals surface area contributed by atoms with Gasteiger partial charge in [0.05, 0.1) is 5.69 Å². The van der Waals surface area contributed by atoms with E-state index >= 15 is 0 Å². The Morgan fingerprint density at radius 1 is 1.20 bits per heavy atom. The van der Waals surface area contributed by atoms with Crippen LogP contribution < -0.4 is 5.73 Å². The van der Waals surface area contributed by atoms with Crippen LogP contribution in [0, 0.1) is 0 Å². The molecule has 1 heterocycles. The molecular formula is C16H21N3O. The van der Waals surface area contributed by atoms with Gasteiger partial charge in [0.15, 0.2) is 0 Å². The van der Waals surface area contributed by atoms with Gasteiger partial charge < -0.3 is 5.73 Å². The summed E-state index contributed by atoms with van der Waals surface area (Å²) >= 11 is 0. The highest BCUT2D eigenvalue weighted by Crippen LogP contribution is 2.08. The van der Waals surface area contributed by atoms with Gasteiger partial charge in [0.1, 0.15) is 6.33 Å². The zero-order chi connectivity index (χ0) is 14.4. The van der Waals surface area contributed by atoms with E-state index in [0.717, 1.165) is 18.5 Å². The third-order valence-electron chi connectivity index (χ3n) is 3.38. The molecule has 0 atom stereocenters. The molecule has 0 bridgehead atoms.